The predicted octanol–water partition coefficient (Wildman–Crippen LogP) is 4.18. The Hall–Kier alpha value is -2.58. The zero-order valence-corrected chi connectivity index (χ0v) is 17.8. The smallest absolute Gasteiger partial charge is 0.266 e. The molecule has 1 aromatic heterocycles. The normalized spacial score (nSPS) is 20.8. The van der Waals surface area contributed by atoms with Crippen LogP contribution in [0.25, 0.3) is 6.08 Å². The van der Waals surface area contributed by atoms with Crippen molar-refractivity contribution >= 4 is 46.2 Å². The van der Waals surface area contributed by atoms with E-state index in [0.717, 1.165) is 36.6 Å². The number of hydrogen-bond acceptors (Lipinski definition) is 5. The molecule has 1 aromatic carbocycles. The molecule has 2 fully saturated rings. The molecule has 0 radical (unpaired) electrons. The van der Waals surface area contributed by atoms with Crippen LogP contribution >= 0.6 is 24.0 Å². The Bertz CT molecular complexity index is 995. The summed E-state index contributed by atoms with van der Waals surface area (Å²) in [6.07, 6.45) is 8.03. The summed E-state index contributed by atoms with van der Waals surface area (Å²) in [4.78, 5) is 33.8. The van der Waals surface area contributed by atoms with Gasteiger partial charge in [-0.05, 0) is 54.7 Å². The Labute approximate surface area is 184 Å². The molecule has 0 spiro atoms. The lowest BCUT2D eigenvalue weighted by Gasteiger charge is -2.36. The highest BCUT2D eigenvalue weighted by Crippen LogP contribution is 2.34. The highest BCUT2D eigenvalue weighted by atomic mass is 32.2. The lowest BCUT2D eigenvalue weighted by molar-refractivity contribution is -0.138. The van der Waals surface area contributed by atoms with Gasteiger partial charge in [-0.3, -0.25) is 19.5 Å². The van der Waals surface area contributed by atoms with Gasteiger partial charge in [0.1, 0.15) is 16.7 Å². The van der Waals surface area contributed by atoms with E-state index in [4.69, 9.17) is 12.2 Å². The molecule has 2 aromatic rings. The second-order valence-electron chi connectivity index (χ2n) is 7.20. The minimum absolute atomic E-state index is 0.0342. The van der Waals surface area contributed by atoms with Crippen molar-refractivity contribution in [1.82, 2.24) is 14.8 Å². The van der Waals surface area contributed by atoms with Gasteiger partial charge >= 0.3 is 0 Å². The van der Waals surface area contributed by atoms with Gasteiger partial charge in [0.25, 0.3) is 5.91 Å². The number of halogens is 1. The Morgan fingerprint density at radius 1 is 1.27 bits per heavy atom. The van der Waals surface area contributed by atoms with E-state index in [1.165, 1.54) is 17.0 Å². The summed E-state index contributed by atoms with van der Waals surface area (Å²) in [5, 5.41) is 0. The molecule has 1 unspecified atom stereocenters. The number of thiocarbonyl (C=S) groups is 1. The van der Waals surface area contributed by atoms with Gasteiger partial charge in [0.2, 0.25) is 5.91 Å². The van der Waals surface area contributed by atoms with Crippen molar-refractivity contribution in [2.75, 3.05) is 13.1 Å². The van der Waals surface area contributed by atoms with E-state index in [1.807, 2.05) is 17.0 Å². The summed E-state index contributed by atoms with van der Waals surface area (Å²) in [5.74, 6) is -0.754. The average Bonchev–Trinajstić information content (AvgIpc) is 3.03. The molecular weight excluding hydrogens is 421 g/mol. The zero-order chi connectivity index (χ0) is 21.1. The molecule has 2 amide bonds. The van der Waals surface area contributed by atoms with Crippen LogP contribution in [0.2, 0.25) is 0 Å². The van der Waals surface area contributed by atoms with Crippen LogP contribution in [0.3, 0.4) is 0 Å². The van der Waals surface area contributed by atoms with Crippen LogP contribution in [-0.2, 0) is 9.59 Å². The van der Waals surface area contributed by atoms with E-state index in [1.54, 1.807) is 30.6 Å². The summed E-state index contributed by atoms with van der Waals surface area (Å²) in [6.45, 7) is 0.570. The molecule has 2 aliphatic rings. The number of pyridine rings is 1. The number of carbonyl (C=O) groups is 2. The van der Waals surface area contributed by atoms with Gasteiger partial charge < -0.3 is 4.90 Å². The lowest BCUT2D eigenvalue weighted by Crippen LogP contribution is -2.45. The van der Waals surface area contributed by atoms with Gasteiger partial charge in [0.05, 0.1) is 10.9 Å². The van der Waals surface area contributed by atoms with Gasteiger partial charge in [-0.15, -0.1) is 0 Å². The van der Waals surface area contributed by atoms with Crippen molar-refractivity contribution in [2.45, 2.75) is 25.3 Å². The van der Waals surface area contributed by atoms with Gasteiger partial charge in [-0.2, -0.15) is 0 Å². The molecule has 0 aliphatic carbocycles. The Morgan fingerprint density at radius 3 is 2.80 bits per heavy atom. The fraction of sp³-hybridized carbons (Fsp3) is 0.273. The third kappa shape index (κ3) is 4.44. The third-order valence-corrected chi connectivity index (χ3v) is 6.60. The van der Waals surface area contributed by atoms with Crippen LogP contribution in [0, 0.1) is 5.82 Å². The number of nitrogens with zero attached hydrogens (tertiary/aromatic N) is 3. The summed E-state index contributed by atoms with van der Waals surface area (Å²) >= 11 is 6.52. The van der Waals surface area contributed by atoms with Crippen molar-refractivity contribution < 1.29 is 14.0 Å². The zero-order valence-electron chi connectivity index (χ0n) is 16.2. The van der Waals surface area contributed by atoms with Crippen molar-refractivity contribution in [3.05, 3.63) is 70.6 Å². The number of carbonyl (C=O) groups excluding carboxylic acids is 2. The van der Waals surface area contributed by atoms with Gasteiger partial charge in [0.15, 0.2) is 0 Å². The van der Waals surface area contributed by atoms with Gasteiger partial charge in [-0.25, -0.2) is 4.39 Å². The molecule has 154 valence electrons. The lowest BCUT2D eigenvalue weighted by atomic mass is 9.96. The van der Waals surface area contributed by atoms with Crippen LogP contribution in [-0.4, -0.2) is 44.0 Å². The Morgan fingerprint density at radius 2 is 2.07 bits per heavy atom. The molecule has 5 nitrogen and oxygen atoms in total. The third-order valence-electron chi connectivity index (χ3n) is 5.23. The summed E-state index contributed by atoms with van der Waals surface area (Å²) < 4.78 is 13.5. The van der Waals surface area contributed by atoms with E-state index >= 15 is 0 Å². The highest BCUT2D eigenvalue weighted by molar-refractivity contribution is 8.26. The van der Waals surface area contributed by atoms with Crippen LogP contribution in [0.1, 0.15) is 36.4 Å². The fourth-order valence-electron chi connectivity index (χ4n) is 3.72. The Balaban J connectivity index is 1.49. The first-order valence-electron chi connectivity index (χ1n) is 9.73. The number of piperidine rings is 1. The molecular formula is C22H20FN3O2S2. The maximum absolute atomic E-state index is 13.1. The van der Waals surface area contributed by atoms with E-state index in [0.29, 0.717) is 21.3 Å². The first-order valence-corrected chi connectivity index (χ1v) is 11.0. The minimum Gasteiger partial charge on any atom is -0.334 e. The molecule has 0 saturated carbocycles. The quantitative estimate of drug-likeness (QED) is 0.526. The maximum atomic E-state index is 13.1. The molecule has 2 saturated heterocycles. The molecule has 4 rings (SSSR count). The monoisotopic (exact) mass is 441 g/mol. The van der Waals surface area contributed by atoms with Crippen LogP contribution < -0.4 is 0 Å². The van der Waals surface area contributed by atoms with E-state index in [-0.39, 0.29) is 30.2 Å². The topological polar surface area (TPSA) is 53.5 Å². The summed E-state index contributed by atoms with van der Waals surface area (Å²) in [6, 6.07) is 9.69. The standard InChI is InChI=1S/C22H20FN3O2S2/c23-17-8-6-15(7-9-17)12-19-21(28)26(22(29)30-19)14-20(27)25-11-2-1-5-18(25)16-4-3-10-24-13-16/h3-4,6-10,12-13,18H,1-2,5,11,14H2/b19-12+. The molecule has 3 heterocycles. The first kappa shape index (κ1) is 20.7. The van der Waals surface area contributed by atoms with Crippen molar-refractivity contribution in [3.8, 4) is 0 Å². The molecule has 8 heteroatoms. The van der Waals surface area contributed by atoms with Gasteiger partial charge in [0, 0.05) is 18.9 Å². The van der Waals surface area contributed by atoms with Crippen molar-refractivity contribution in [1.29, 1.82) is 0 Å². The predicted molar refractivity (Wildman–Crippen MR) is 119 cm³/mol. The number of amides is 2. The fourth-order valence-corrected chi connectivity index (χ4v) is 4.98. The second kappa shape index (κ2) is 9.06. The van der Waals surface area contributed by atoms with E-state index in [9.17, 15) is 14.0 Å². The molecule has 2 aliphatic heterocycles. The number of likely N-dealkylation sites (tertiary alicyclic amines) is 1. The maximum Gasteiger partial charge on any atom is 0.266 e. The molecule has 1 atom stereocenters. The van der Waals surface area contributed by atoms with Gasteiger partial charge in [-0.1, -0.05) is 42.2 Å². The number of hydrogen-bond donors (Lipinski definition) is 0. The SMILES string of the molecule is O=C1/C(=C\c2ccc(F)cc2)SC(=S)N1CC(=O)N1CCCCC1c1cccnc1. The number of thioether (sulfide) groups is 1. The summed E-state index contributed by atoms with van der Waals surface area (Å²) in [7, 11) is 0. The van der Waals surface area contributed by atoms with Crippen LogP contribution in [0.4, 0.5) is 4.39 Å². The number of rotatable bonds is 4. The van der Waals surface area contributed by atoms with E-state index in [2.05, 4.69) is 4.98 Å². The number of benzene rings is 1. The molecule has 0 bridgehead atoms. The second-order valence-corrected chi connectivity index (χ2v) is 8.88. The minimum atomic E-state index is -0.338. The molecule has 0 N–H and O–H groups in total. The number of aromatic nitrogens is 1. The largest absolute Gasteiger partial charge is 0.334 e. The highest BCUT2D eigenvalue weighted by Gasteiger charge is 2.36. The van der Waals surface area contributed by atoms with E-state index < -0.39 is 0 Å². The first-order chi connectivity index (χ1) is 14.5. The van der Waals surface area contributed by atoms with Crippen LogP contribution in [0.15, 0.2) is 53.7 Å². The average molecular weight is 442 g/mol. The van der Waals surface area contributed by atoms with Crippen molar-refractivity contribution in [2.24, 2.45) is 0 Å². The van der Waals surface area contributed by atoms with Crippen molar-refractivity contribution in [3.63, 3.8) is 0 Å². The Kier molecular flexibility index (Phi) is 6.24. The summed E-state index contributed by atoms with van der Waals surface area (Å²) in [5.41, 5.74) is 1.71. The molecule has 30 heavy (non-hydrogen) atoms. The van der Waals surface area contributed by atoms with Crippen LogP contribution in [0.5, 0.6) is 0 Å².